The number of hydrogen-bond donors (Lipinski definition) is 3. The largest absolute Gasteiger partial charge is 0.489 e. The zero-order valence-electron chi connectivity index (χ0n) is 28.2. The van der Waals surface area contributed by atoms with Gasteiger partial charge in [0, 0.05) is 27.1 Å². The van der Waals surface area contributed by atoms with Crippen LogP contribution in [0.15, 0.2) is 143 Å². The summed E-state index contributed by atoms with van der Waals surface area (Å²) >= 11 is 14.9. The Bertz CT molecular complexity index is 2230. The Balaban J connectivity index is 1.08. The average Bonchev–Trinajstić information content (AvgIpc) is 3.65. The molecule has 53 heavy (non-hydrogen) atoms. The lowest BCUT2D eigenvalue weighted by Crippen LogP contribution is -2.30. The zero-order chi connectivity index (χ0) is 37.2. The van der Waals surface area contributed by atoms with Crippen LogP contribution in [0.4, 0.5) is 10.8 Å². The van der Waals surface area contributed by atoms with E-state index in [0.717, 1.165) is 16.0 Å². The van der Waals surface area contributed by atoms with Crippen LogP contribution in [0.2, 0.25) is 10.0 Å². The molecule has 0 aliphatic heterocycles. The molecule has 0 saturated heterocycles. The van der Waals surface area contributed by atoms with E-state index < -0.39 is 17.1 Å². The van der Waals surface area contributed by atoms with E-state index in [1.165, 1.54) is 23.1 Å². The van der Waals surface area contributed by atoms with Crippen molar-refractivity contribution < 1.29 is 19.1 Å². The van der Waals surface area contributed by atoms with Gasteiger partial charge in [-0.2, -0.15) is 0 Å². The van der Waals surface area contributed by atoms with Crippen LogP contribution in [0.5, 0.6) is 5.75 Å². The molecule has 0 fully saturated rings. The summed E-state index contributed by atoms with van der Waals surface area (Å²) in [5.41, 5.74) is 4.21. The highest BCUT2D eigenvalue weighted by Gasteiger charge is 2.18. The lowest BCUT2D eigenvalue weighted by molar-refractivity contribution is -0.115. The van der Waals surface area contributed by atoms with Gasteiger partial charge in [-0.1, -0.05) is 89.9 Å². The molecule has 0 saturated carbocycles. The smallest absolute Gasteiger partial charge is 0.272 e. The molecule has 0 bridgehead atoms. The lowest BCUT2D eigenvalue weighted by Gasteiger charge is -2.13. The topological polar surface area (TPSA) is 109 Å². The second-order valence-electron chi connectivity index (χ2n) is 11.6. The molecule has 12 heteroatoms. The third kappa shape index (κ3) is 10.6. The minimum atomic E-state index is -0.504. The highest BCUT2D eigenvalue weighted by molar-refractivity contribution is 8.00. The first-order valence-electron chi connectivity index (χ1n) is 16.3. The summed E-state index contributed by atoms with van der Waals surface area (Å²) in [5, 5.41) is 11.3. The summed E-state index contributed by atoms with van der Waals surface area (Å²) in [6.07, 6.45) is 1.61. The number of hydrogen-bond acceptors (Lipinski definition) is 7. The maximum atomic E-state index is 13.6. The van der Waals surface area contributed by atoms with Gasteiger partial charge in [0.05, 0.1) is 21.0 Å². The normalized spacial score (nSPS) is 11.7. The molecule has 0 aliphatic carbocycles. The van der Waals surface area contributed by atoms with Crippen LogP contribution in [-0.2, 0) is 16.2 Å². The van der Waals surface area contributed by atoms with Crippen LogP contribution in [0.3, 0.4) is 0 Å². The van der Waals surface area contributed by atoms with E-state index in [0.29, 0.717) is 50.0 Å². The maximum absolute atomic E-state index is 13.6. The van der Waals surface area contributed by atoms with Crippen LogP contribution in [0, 0.1) is 0 Å². The molecule has 0 radical (unpaired) electrons. The number of halogens is 2. The number of carbonyl (C=O) groups excluding carboxylic acids is 3. The summed E-state index contributed by atoms with van der Waals surface area (Å²) in [4.78, 5) is 45.0. The van der Waals surface area contributed by atoms with Crippen molar-refractivity contribution in [2.24, 2.45) is 0 Å². The Kier molecular flexibility index (Phi) is 12.6. The first-order valence-corrected chi connectivity index (χ1v) is 18.9. The van der Waals surface area contributed by atoms with Gasteiger partial charge < -0.3 is 20.7 Å². The summed E-state index contributed by atoms with van der Waals surface area (Å²) in [6, 6.07) is 38.1. The van der Waals surface area contributed by atoms with Gasteiger partial charge in [-0.3, -0.25) is 14.4 Å². The Morgan fingerprint density at radius 2 is 1.53 bits per heavy atom. The third-order valence-electron chi connectivity index (χ3n) is 7.71. The van der Waals surface area contributed by atoms with E-state index in [1.54, 1.807) is 61.5 Å². The molecule has 0 spiro atoms. The fourth-order valence-corrected chi connectivity index (χ4v) is 6.80. The first-order chi connectivity index (χ1) is 25.7. The van der Waals surface area contributed by atoms with Gasteiger partial charge in [-0.05, 0) is 84.8 Å². The molecule has 0 aliphatic rings. The number of thioether (sulfide) groups is 1. The van der Waals surface area contributed by atoms with E-state index in [4.69, 9.17) is 27.9 Å². The Hall–Kier alpha value is -5.39. The number of carbonyl (C=O) groups is 3. The quantitative estimate of drug-likeness (QED) is 0.0796. The number of nitrogens with zero attached hydrogens (tertiary/aromatic N) is 1. The van der Waals surface area contributed by atoms with E-state index >= 15 is 0 Å². The van der Waals surface area contributed by atoms with Crippen molar-refractivity contribution >= 4 is 80.9 Å². The van der Waals surface area contributed by atoms with Gasteiger partial charge in [-0.25, -0.2) is 4.98 Å². The van der Waals surface area contributed by atoms with E-state index in [2.05, 4.69) is 20.9 Å². The molecule has 1 unspecified atom stereocenters. The molecule has 5 aromatic carbocycles. The second kappa shape index (κ2) is 17.9. The van der Waals surface area contributed by atoms with E-state index in [-0.39, 0.29) is 11.6 Å². The van der Waals surface area contributed by atoms with Crippen LogP contribution in [-0.4, -0.2) is 28.0 Å². The number of anilines is 2. The molecular formula is C41H32Cl2N4O4S2. The number of ether oxygens (including phenoxy) is 1. The van der Waals surface area contributed by atoms with Crippen LogP contribution >= 0.6 is 46.3 Å². The summed E-state index contributed by atoms with van der Waals surface area (Å²) in [5.74, 6) is -0.456. The van der Waals surface area contributed by atoms with Crippen molar-refractivity contribution in [3.8, 4) is 17.0 Å². The predicted molar refractivity (Wildman–Crippen MR) is 216 cm³/mol. The molecule has 3 amide bonds. The fourth-order valence-electron chi connectivity index (χ4n) is 4.91. The van der Waals surface area contributed by atoms with Crippen molar-refractivity contribution in [2.45, 2.75) is 23.7 Å². The fraction of sp³-hybridized carbons (Fsp3) is 0.0732. The number of benzene rings is 5. The SMILES string of the molecule is CC(Sc1ccc(NC(=O)/C(=C/c2ccc(OCc3ccccc3)cc2)NC(=O)c2ccccc2)cc1)C(=O)Nc1nc(-c2ccc(Cl)c(Cl)c2)cs1. The van der Waals surface area contributed by atoms with Gasteiger partial charge in [0.25, 0.3) is 11.8 Å². The van der Waals surface area contributed by atoms with Gasteiger partial charge >= 0.3 is 0 Å². The number of amides is 3. The van der Waals surface area contributed by atoms with Crippen LogP contribution in [0.1, 0.15) is 28.4 Å². The number of thiazole rings is 1. The van der Waals surface area contributed by atoms with Crippen LogP contribution < -0.4 is 20.7 Å². The monoisotopic (exact) mass is 778 g/mol. The number of nitrogens with one attached hydrogen (secondary N) is 3. The van der Waals surface area contributed by atoms with Crippen molar-refractivity contribution in [3.63, 3.8) is 0 Å². The Morgan fingerprint density at radius 1 is 0.830 bits per heavy atom. The minimum Gasteiger partial charge on any atom is -0.489 e. The maximum Gasteiger partial charge on any atom is 0.272 e. The van der Waals surface area contributed by atoms with E-state index in [9.17, 15) is 14.4 Å². The first kappa shape index (κ1) is 37.4. The van der Waals surface area contributed by atoms with Gasteiger partial charge in [0.2, 0.25) is 5.91 Å². The Morgan fingerprint density at radius 3 is 2.23 bits per heavy atom. The molecule has 266 valence electrons. The van der Waals surface area contributed by atoms with Crippen molar-refractivity contribution in [1.29, 1.82) is 0 Å². The molecule has 6 rings (SSSR count). The standard InChI is InChI=1S/C41H32Cl2N4O4S2/c1-26(38(48)47-41-46-37(25-52-41)30-14-21-34(42)35(43)23-30)53-33-19-15-31(16-20-33)44-40(50)36(45-39(49)29-10-6-3-7-11-29)22-27-12-17-32(18-13-27)51-24-28-8-4-2-5-9-28/h2-23,25-26H,24H2,1H3,(H,44,50)(H,45,49)(H,46,47,48)/b36-22-. The molecule has 6 aromatic rings. The zero-order valence-corrected chi connectivity index (χ0v) is 31.4. The summed E-state index contributed by atoms with van der Waals surface area (Å²) in [7, 11) is 0. The van der Waals surface area contributed by atoms with Crippen molar-refractivity contribution in [3.05, 3.63) is 165 Å². The van der Waals surface area contributed by atoms with Crippen molar-refractivity contribution in [2.75, 3.05) is 10.6 Å². The number of rotatable bonds is 13. The third-order valence-corrected chi connectivity index (χ3v) is 10.3. The molecule has 3 N–H and O–H groups in total. The lowest BCUT2D eigenvalue weighted by atomic mass is 10.1. The van der Waals surface area contributed by atoms with Gasteiger partial charge in [-0.15, -0.1) is 23.1 Å². The molecule has 1 aromatic heterocycles. The summed E-state index contributed by atoms with van der Waals surface area (Å²) in [6.45, 7) is 2.23. The average molecular weight is 780 g/mol. The second-order valence-corrected chi connectivity index (χ2v) is 14.7. The van der Waals surface area contributed by atoms with Crippen molar-refractivity contribution in [1.82, 2.24) is 10.3 Å². The molecule has 1 atom stereocenters. The summed E-state index contributed by atoms with van der Waals surface area (Å²) < 4.78 is 5.89. The highest BCUT2D eigenvalue weighted by Crippen LogP contribution is 2.31. The highest BCUT2D eigenvalue weighted by atomic mass is 35.5. The minimum absolute atomic E-state index is 0.0602. The molecular weight excluding hydrogens is 748 g/mol. The van der Waals surface area contributed by atoms with Gasteiger partial charge in [0.15, 0.2) is 5.13 Å². The van der Waals surface area contributed by atoms with E-state index in [1.807, 2.05) is 84.2 Å². The predicted octanol–water partition coefficient (Wildman–Crippen LogP) is 10.2. The Labute approximate surface area is 325 Å². The van der Waals surface area contributed by atoms with Crippen LogP contribution in [0.25, 0.3) is 17.3 Å². The van der Waals surface area contributed by atoms with Gasteiger partial charge in [0.1, 0.15) is 18.1 Å². The number of aromatic nitrogens is 1. The molecule has 8 nitrogen and oxygen atoms in total. The molecule has 1 heterocycles.